The summed E-state index contributed by atoms with van der Waals surface area (Å²) in [5, 5.41) is 0. The summed E-state index contributed by atoms with van der Waals surface area (Å²) >= 11 is -0.826. The Labute approximate surface area is 100 Å². The summed E-state index contributed by atoms with van der Waals surface area (Å²) in [5.41, 5.74) is 1.95. The van der Waals surface area contributed by atoms with Gasteiger partial charge >= 0.3 is 37.9 Å². The van der Waals surface area contributed by atoms with Crippen LogP contribution in [-0.4, -0.2) is 0 Å². The first-order valence-corrected chi connectivity index (χ1v) is 10.6. The third-order valence-electron chi connectivity index (χ3n) is 1.58. The topological polar surface area (TPSA) is 0 Å². The molecule has 0 atom stereocenters. The van der Waals surface area contributed by atoms with Gasteiger partial charge in [0.15, 0.2) is 0 Å². The summed E-state index contributed by atoms with van der Waals surface area (Å²) in [7, 11) is 9.87. The van der Waals surface area contributed by atoms with Crippen LogP contribution in [0.25, 0.3) is 0 Å². The van der Waals surface area contributed by atoms with Gasteiger partial charge in [0, 0.05) is 0 Å². The van der Waals surface area contributed by atoms with Crippen LogP contribution >= 0.6 is 17.0 Å². The molecular weight excluding hydrogens is 282 g/mol. The minimum absolute atomic E-state index is 0.445. The normalized spacial score (nSPS) is 14.7. The maximum absolute atomic E-state index is 4.93. The second kappa shape index (κ2) is 7.26. The molecule has 1 aliphatic carbocycles. The fourth-order valence-corrected chi connectivity index (χ4v) is 1.25. The Kier molecular flexibility index (Phi) is 7.79. The van der Waals surface area contributed by atoms with Gasteiger partial charge in [-0.2, -0.15) is 0 Å². The molecule has 0 heterocycles. The van der Waals surface area contributed by atoms with Crippen LogP contribution in [0.3, 0.4) is 0 Å². The Morgan fingerprint density at radius 1 is 1.38 bits per heavy atom. The summed E-state index contributed by atoms with van der Waals surface area (Å²) in [6.07, 6.45) is 9.13. The van der Waals surface area contributed by atoms with Crippen LogP contribution in [0.15, 0.2) is 23.8 Å². The molecule has 0 saturated carbocycles. The Bertz CT molecular complexity index is 190. The molecule has 0 amide bonds. The number of rotatable bonds is 1. The van der Waals surface area contributed by atoms with Crippen molar-refractivity contribution in [1.29, 1.82) is 0 Å². The molecule has 13 heavy (non-hydrogen) atoms. The van der Waals surface area contributed by atoms with E-state index in [2.05, 4.69) is 39.0 Å². The van der Waals surface area contributed by atoms with Crippen molar-refractivity contribution in [2.75, 3.05) is 0 Å². The summed E-state index contributed by atoms with van der Waals surface area (Å²) in [5.74, 6) is 0. The molecule has 3 heteroatoms. The summed E-state index contributed by atoms with van der Waals surface area (Å²) in [6.45, 7) is 6.83. The van der Waals surface area contributed by atoms with Crippen LogP contribution in [0.4, 0.5) is 0 Å². The van der Waals surface area contributed by atoms with Gasteiger partial charge in [0.05, 0.1) is 0 Å². The van der Waals surface area contributed by atoms with Crippen molar-refractivity contribution in [1.82, 2.24) is 0 Å². The van der Waals surface area contributed by atoms with E-state index in [1.165, 1.54) is 12.0 Å². The average molecular weight is 298 g/mol. The van der Waals surface area contributed by atoms with Gasteiger partial charge in [-0.15, -0.1) is 0 Å². The van der Waals surface area contributed by atoms with E-state index < -0.39 is 20.8 Å². The van der Waals surface area contributed by atoms with Crippen molar-refractivity contribution in [3.05, 3.63) is 23.8 Å². The van der Waals surface area contributed by atoms with Crippen molar-refractivity contribution in [3.8, 4) is 0 Å². The van der Waals surface area contributed by atoms with E-state index in [1.807, 2.05) is 0 Å². The van der Waals surface area contributed by atoms with Gasteiger partial charge in [0.2, 0.25) is 0 Å². The van der Waals surface area contributed by atoms with E-state index in [-0.39, 0.29) is 0 Å². The van der Waals surface area contributed by atoms with Gasteiger partial charge in [-0.25, -0.2) is 0 Å². The number of hydrogen-bond donors (Lipinski definition) is 0. The van der Waals surface area contributed by atoms with Crippen LogP contribution in [-0.2, 0) is 20.8 Å². The Morgan fingerprint density at radius 2 is 1.92 bits per heavy atom. The molecule has 0 fully saturated rings. The summed E-state index contributed by atoms with van der Waals surface area (Å²) < 4.78 is 0. The van der Waals surface area contributed by atoms with E-state index in [9.17, 15) is 0 Å². The molecule has 0 aromatic carbocycles. The minimum atomic E-state index is -0.826. The molecule has 0 aromatic heterocycles. The van der Waals surface area contributed by atoms with Crippen molar-refractivity contribution in [2.24, 2.45) is 5.41 Å². The van der Waals surface area contributed by atoms with Crippen molar-refractivity contribution >= 4 is 17.0 Å². The van der Waals surface area contributed by atoms with E-state index in [4.69, 9.17) is 17.0 Å². The number of allylic oxidation sites excluding steroid dienone is 4. The second-order valence-electron chi connectivity index (χ2n) is 4.23. The van der Waals surface area contributed by atoms with Crippen LogP contribution < -0.4 is 0 Å². The van der Waals surface area contributed by atoms with E-state index >= 15 is 0 Å². The van der Waals surface area contributed by atoms with Gasteiger partial charge < -0.3 is 0 Å². The molecule has 0 saturated heterocycles. The molecule has 1 rings (SSSR count). The number of halogens is 2. The fourth-order valence-electron chi connectivity index (χ4n) is 1.25. The Balaban J connectivity index is 0.000000424. The SMILES string of the molecule is CC(C)(C)CC1=CCC=C1.[Cl][Zr][Cl]. The van der Waals surface area contributed by atoms with Gasteiger partial charge in [-0.1, -0.05) is 44.6 Å². The molecule has 1 aliphatic rings. The third-order valence-corrected chi connectivity index (χ3v) is 1.58. The van der Waals surface area contributed by atoms with Crippen LogP contribution in [0.2, 0.25) is 0 Å². The summed E-state index contributed by atoms with van der Waals surface area (Å²) in [6, 6.07) is 0. The molecule has 0 spiro atoms. The molecule has 0 bridgehead atoms. The van der Waals surface area contributed by atoms with Crippen LogP contribution in [0, 0.1) is 5.41 Å². The molecule has 74 valence electrons. The average Bonchev–Trinajstić information content (AvgIpc) is 2.37. The first kappa shape index (κ1) is 13.9. The molecule has 0 N–H and O–H groups in total. The van der Waals surface area contributed by atoms with Crippen LogP contribution in [0.5, 0.6) is 0 Å². The van der Waals surface area contributed by atoms with Gasteiger partial charge in [0.25, 0.3) is 0 Å². The Morgan fingerprint density at radius 3 is 2.23 bits per heavy atom. The zero-order valence-corrected chi connectivity index (χ0v) is 12.4. The molecular formula is C10H16Cl2Zr. The molecule has 0 aliphatic heterocycles. The maximum atomic E-state index is 4.93. The predicted molar refractivity (Wildman–Crippen MR) is 57.6 cm³/mol. The fraction of sp³-hybridized carbons (Fsp3) is 0.600. The summed E-state index contributed by atoms with van der Waals surface area (Å²) in [4.78, 5) is 0. The van der Waals surface area contributed by atoms with E-state index in [0.717, 1.165) is 6.42 Å². The molecule has 0 nitrogen and oxygen atoms in total. The van der Waals surface area contributed by atoms with Crippen molar-refractivity contribution < 1.29 is 20.8 Å². The third kappa shape index (κ3) is 9.25. The monoisotopic (exact) mass is 296 g/mol. The molecule has 0 aromatic rings. The van der Waals surface area contributed by atoms with E-state index in [1.54, 1.807) is 0 Å². The van der Waals surface area contributed by atoms with Crippen molar-refractivity contribution in [3.63, 3.8) is 0 Å². The first-order chi connectivity index (χ1) is 5.99. The zero-order valence-electron chi connectivity index (χ0n) is 8.40. The first-order valence-electron chi connectivity index (χ1n) is 4.31. The van der Waals surface area contributed by atoms with Crippen molar-refractivity contribution in [2.45, 2.75) is 33.6 Å². The quantitative estimate of drug-likeness (QED) is 0.659. The van der Waals surface area contributed by atoms with Gasteiger partial charge in [0.1, 0.15) is 0 Å². The Hall–Kier alpha value is 0.943. The predicted octanol–water partition coefficient (Wildman–Crippen LogP) is 4.69. The van der Waals surface area contributed by atoms with Gasteiger partial charge in [-0.05, 0) is 18.3 Å². The number of hydrogen-bond acceptors (Lipinski definition) is 0. The van der Waals surface area contributed by atoms with E-state index in [0.29, 0.717) is 5.41 Å². The standard InChI is InChI=1S/C10H16.2ClH.Zr/c1-10(2,3)8-9-6-4-5-7-9;;;/h4,6-7H,5,8H2,1-3H3;2*1H;/q;;;+2/p-2. The van der Waals surface area contributed by atoms with Crippen LogP contribution in [0.1, 0.15) is 33.6 Å². The second-order valence-corrected chi connectivity index (χ2v) is 7.96. The molecule has 0 radical (unpaired) electrons. The van der Waals surface area contributed by atoms with Gasteiger partial charge in [-0.3, -0.25) is 0 Å². The zero-order chi connectivity index (χ0) is 10.3. The molecule has 0 unspecified atom stereocenters.